The molecule has 0 bridgehead atoms. The molecule has 0 amide bonds. The number of aldehydes is 1. The van der Waals surface area contributed by atoms with Crippen molar-refractivity contribution in [3.63, 3.8) is 0 Å². The van der Waals surface area contributed by atoms with Crippen molar-refractivity contribution in [1.29, 1.82) is 0 Å². The van der Waals surface area contributed by atoms with Crippen molar-refractivity contribution < 1.29 is 4.79 Å². The second-order valence-corrected chi connectivity index (χ2v) is 5.16. The summed E-state index contributed by atoms with van der Waals surface area (Å²) in [4.78, 5) is 10.1. The first kappa shape index (κ1) is 14.2. The number of hydrogen-bond acceptors (Lipinski definition) is 4. The molecule has 2 heterocycles. The van der Waals surface area contributed by atoms with Gasteiger partial charge < -0.3 is 11.1 Å². The standard InChI is InChI=1S/C8H6S.C5H6N4OS/c1-2-4-8-7(3-1)5-6-9-8;6-5(11)7-4-1-3(2-10)8-9-4/h1-6H;1-2H,(H4,6,7,8,9,11). The van der Waals surface area contributed by atoms with E-state index in [1.165, 1.54) is 16.2 Å². The zero-order chi connectivity index (χ0) is 14.4. The number of nitrogens with zero attached hydrogens (tertiary/aromatic N) is 1. The average molecular weight is 304 g/mol. The summed E-state index contributed by atoms with van der Waals surface area (Å²) in [6, 6.07) is 12.0. The first-order valence-corrected chi connectivity index (χ1v) is 6.97. The van der Waals surface area contributed by atoms with Gasteiger partial charge in [-0.05, 0) is 35.1 Å². The Hall–Kier alpha value is -2.25. The van der Waals surface area contributed by atoms with Gasteiger partial charge in [-0.3, -0.25) is 9.89 Å². The number of carbonyl (C=O) groups excluding carboxylic acids is 1. The maximum Gasteiger partial charge on any atom is 0.170 e. The number of rotatable bonds is 2. The highest BCUT2D eigenvalue weighted by molar-refractivity contribution is 7.80. The Bertz CT molecular complexity index is 690. The molecule has 5 nitrogen and oxygen atoms in total. The summed E-state index contributed by atoms with van der Waals surface area (Å²) in [7, 11) is 0. The van der Waals surface area contributed by atoms with Crippen LogP contribution in [-0.4, -0.2) is 21.6 Å². The van der Waals surface area contributed by atoms with Crippen LogP contribution >= 0.6 is 23.6 Å². The lowest BCUT2D eigenvalue weighted by Crippen LogP contribution is -2.18. The normalized spacial score (nSPS) is 9.60. The third kappa shape index (κ3) is 3.87. The quantitative estimate of drug-likeness (QED) is 0.501. The summed E-state index contributed by atoms with van der Waals surface area (Å²) >= 11 is 6.34. The van der Waals surface area contributed by atoms with Crippen molar-refractivity contribution in [3.05, 3.63) is 47.5 Å². The van der Waals surface area contributed by atoms with E-state index in [9.17, 15) is 4.79 Å². The van der Waals surface area contributed by atoms with E-state index in [4.69, 9.17) is 5.73 Å². The summed E-state index contributed by atoms with van der Waals surface area (Å²) in [6.07, 6.45) is 0.626. The van der Waals surface area contributed by atoms with Crippen LogP contribution < -0.4 is 11.1 Å². The molecule has 0 aliphatic carbocycles. The number of fused-ring (bicyclic) bond motifs is 1. The van der Waals surface area contributed by atoms with E-state index in [-0.39, 0.29) is 5.11 Å². The van der Waals surface area contributed by atoms with Crippen molar-refractivity contribution in [2.24, 2.45) is 5.73 Å². The Morgan fingerprint density at radius 2 is 2.20 bits per heavy atom. The number of thiocarbonyl (C=S) groups is 1. The lowest BCUT2D eigenvalue weighted by molar-refractivity contribution is 0.111. The minimum atomic E-state index is 0.131. The fraction of sp³-hybridized carbons (Fsp3) is 0. The van der Waals surface area contributed by atoms with E-state index >= 15 is 0 Å². The molecule has 1 aromatic carbocycles. The molecule has 20 heavy (non-hydrogen) atoms. The molecular weight excluding hydrogens is 292 g/mol. The fourth-order valence-corrected chi connectivity index (χ4v) is 2.40. The first-order valence-electron chi connectivity index (χ1n) is 5.68. The molecule has 7 heteroatoms. The lowest BCUT2D eigenvalue weighted by atomic mass is 10.3. The van der Waals surface area contributed by atoms with Crippen molar-refractivity contribution >= 4 is 50.9 Å². The van der Waals surface area contributed by atoms with Gasteiger partial charge >= 0.3 is 0 Å². The predicted molar refractivity (Wildman–Crippen MR) is 86.2 cm³/mol. The molecule has 0 aliphatic rings. The largest absolute Gasteiger partial charge is 0.376 e. The summed E-state index contributed by atoms with van der Waals surface area (Å²) < 4.78 is 1.37. The Kier molecular flexibility index (Phi) is 4.80. The van der Waals surface area contributed by atoms with Gasteiger partial charge in [0.05, 0.1) is 0 Å². The van der Waals surface area contributed by atoms with Crippen LogP contribution in [0.2, 0.25) is 0 Å². The van der Waals surface area contributed by atoms with Crippen molar-refractivity contribution in [1.82, 2.24) is 10.2 Å². The first-order chi connectivity index (χ1) is 9.69. The maximum absolute atomic E-state index is 10.1. The third-order valence-electron chi connectivity index (χ3n) is 2.34. The molecule has 0 saturated carbocycles. The van der Waals surface area contributed by atoms with Crippen LogP contribution in [0.15, 0.2) is 41.8 Å². The molecule has 0 atom stereocenters. The van der Waals surface area contributed by atoms with E-state index in [2.05, 4.69) is 63.4 Å². The zero-order valence-corrected chi connectivity index (χ0v) is 12.0. The number of aromatic amines is 1. The summed E-state index contributed by atoms with van der Waals surface area (Å²) in [5.74, 6) is 0.514. The van der Waals surface area contributed by atoms with Gasteiger partial charge in [-0.2, -0.15) is 5.10 Å². The number of benzene rings is 1. The van der Waals surface area contributed by atoms with E-state index in [1.807, 2.05) is 0 Å². The van der Waals surface area contributed by atoms with Gasteiger partial charge in [-0.15, -0.1) is 11.3 Å². The monoisotopic (exact) mass is 304 g/mol. The smallest absolute Gasteiger partial charge is 0.170 e. The number of carbonyl (C=O) groups is 1. The van der Waals surface area contributed by atoms with Gasteiger partial charge in [0.15, 0.2) is 11.4 Å². The SMILES string of the molecule is NC(=S)Nc1cc(C=O)n[nH]1.c1ccc2sccc2c1. The highest BCUT2D eigenvalue weighted by Crippen LogP contribution is 2.18. The number of nitrogens with two attached hydrogens (primary N) is 1. The van der Waals surface area contributed by atoms with Crippen LogP contribution in [0.4, 0.5) is 5.82 Å². The molecule has 102 valence electrons. The summed E-state index contributed by atoms with van der Waals surface area (Å²) in [5, 5.41) is 12.3. The van der Waals surface area contributed by atoms with Crippen molar-refractivity contribution in [3.8, 4) is 0 Å². The average Bonchev–Trinajstić information content (AvgIpc) is 3.06. The molecule has 0 radical (unpaired) electrons. The van der Waals surface area contributed by atoms with Crippen LogP contribution in [0.3, 0.4) is 0 Å². The number of H-pyrrole nitrogens is 1. The van der Waals surface area contributed by atoms with Gasteiger partial charge in [-0.1, -0.05) is 18.2 Å². The van der Waals surface area contributed by atoms with Crippen LogP contribution in [0.5, 0.6) is 0 Å². The number of thiophene rings is 1. The van der Waals surface area contributed by atoms with Crippen molar-refractivity contribution in [2.45, 2.75) is 0 Å². The van der Waals surface area contributed by atoms with Gasteiger partial charge in [0, 0.05) is 10.8 Å². The van der Waals surface area contributed by atoms with Gasteiger partial charge in [0.2, 0.25) is 0 Å². The molecular formula is C13H12N4OS2. The molecule has 2 aromatic heterocycles. The molecule has 0 unspecified atom stereocenters. The predicted octanol–water partition coefficient (Wildman–Crippen LogP) is 2.78. The molecule has 0 fully saturated rings. The number of aromatic nitrogens is 2. The zero-order valence-electron chi connectivity index (χ0n) is 10.4. The highest BCUT2D eigenvalue weighted by atomic mass is 32.1. The summed E-state index contributed by atoms with van der Waals surface area (Å²) in [5.41, 5.74) is 5.47. The summed E-state index contributed by atoms with van der Waals surface area (Å²) in [6.45, 7) is 0. The van der Waals surface area contributed by atoms with Crippen LogP contribution in [0.1, 0.15) is 10.5 Å². The third-order valence-corrected chi connectivity index (χ3v) is 3.34. The van der Waals surface area contributed by atoms with E-state index in [0.29, 0.717) is 17.8 Å². The molecule has 0 aliphatic heterocycles. The van der Waals surface area contributed by atoms with Gasteiger partial charge in [0.1, 0.15) is 11.5 Å². The minimum absolute atomic E-state index is 0.131. The van der Waals surface area contributed by atoms with Crippen LogP contribution in [0, 0.1) is 0 Å². The lowest BCUT2D eigenvalue weighted by Gasteiger charge is -1.95. The van der Waals surface area contributed by atoms with Gasteiger partial charge in [0.25, 0.3) is 0 Å². The number of anilines is 1. The van der Waals surface area contributed by atoms with E-state index in [1.54, 1.807) is 11.3 Å². The molecule has 0 saturated heterocycles. The second kappa shape index (κ2) is 6.78. The Morgan fingerprint density at radius 3 is 2.85 bits per heavy atom. The minimum Gasteiger partial charge on any atom is -0.376 e. The van der Waals surface area contributed by atoms with Crippen molar-refractivity contribution in [2.75, 3.05) is 5.32 Å². The highest BCUT2D eigenvalue weighted by Gasteiger charge is 1.98. The molecule has 3 aromatic rings. The second-order valence-electron chi connectivity index (χ2n) is 3.77. The molecule has 3 rings (SSSR count). The number of hydrogen-bond donors (Lipinski definition) is 3. The van der Waals surface area contributed by atoms with E-state index < -0.39 is 0 Å². The molecule has 0 spiro atoms. The Balaban J connectivity index is 0.000000149. The Morgan fingerprint density at radius 1 is 1.40 bits per heavy atom. The van der Waals surface area contributed by atoms with Crippen LogP contribution in [-0.2, 0) is 0 Å². The maximum atomic E-state index is 10.1. The van der Waals surface area contributed by atoms with Crippen LogP contribution in [0.25, 0.3) is 10.1 Å². The fourth-order valence-electron chi connectivity index (χ4n) is 1.50. The van der Waals surface area contributed by atoms with E-state index in [0.717, 1.165) is 0 Å². The molecule has 4 N–H and O–H groups in total. The number of nitrogens with one attached hydrogen (secondary N) is 2. The topological polar surface area (TPSA) is 83.8 Å². The Labute approximate surface area is 124 Å². The van der Waals surface area contributed by atoms with Gasteiger partial charge in [-0.25, -0.2) is 0 Å².